The summed E-state index contributed by atoms with van der Waals surface area (Å²) in [7, 11) is 0. The molecule has 0 saturated carbocycles. The highest BCUT2D eigenvalue weighted by atomic mass is 127. The van der Waals surface area contributed by atoms with Gasteiger partial charge in [-0.25, -0.2) is 3.11 Å². The minimum absolute atomic E-state index is 0.871. The predicted molar refractivity (Wildman–Crippen MR) is 54.8 cm³/mol. The topological polar surface area (TPSA) is 6.48 Å². The molecule has 0 aromatic carbocycles. The Kier molecular flexibility index (Phi) is 2.39. The number of hydrogen-bond acceptors (Lipinski definition) is 2. The van der Waals surface area contributed by atoms with E-state index in [4.69, 9.17) is 0 Å². The van der Waals surface area contributed by atoms with E-state index in [-0.39, 0.29) is 0 Å². The lowest BCUT2D eigenvalue weighted by atomic mass is 10.2. The zero-order chi connectivity index (χ0) is 7.84. The van der Waals surface area contributed by atoms with Crippen molar-refractivity contribution < 1.29 is 0 Å². The maximum absolute atomic E-state index is 2.68. The van der Waals surface area contributed by atoms with Crippen LogP contribution in [0.2, 0.25) is 0 Å². The Bertz CT molecular complexity index is 137. The van der Waals surface area contributed by atoms with Gasteiger partial charge >= 0.3 is 0 Å². The van der Waals surface area contributed by atoms with Crippen molar-refractivity contribution in [2.75, 3.05) is 19.6 Å². The van der Waals surface area contributed by atoms with E-state index in [1.165, 1.54) is 32.5 Å². The molecular weight excluding hydrogens is 251 g/mol. The van der Waals surface area contributed by atoms with Crippen LogP contribution in [0.5, 0.6) is 0 Å². The van der Waals surface area contributed by atoms with Gasteiger partial charge in [0.1, 0.15) is 0 Å². The van der Waals surface area contributed by atoms with E-state index in [0.29, 0.717) is 0 Å². The summed E-state index contributed by atoms with van der Waals surface area (Å²) in [4.78, 5) is 2.68. The van der Waals surface area contributed by atoms with Crippen molar-refractivity contribution >= 4 is 22.9 Å². The molecule has 11 heavy (non-hydrogen) atoms. The number of likely N-dealkylation sites (N-methyl/N-ethyl adjacent to an activating group) is 1. The molecule has 2 unspecified atom stereocenters. The first-order valence-corrected chi connectivity index (χ1v) is 5.44. The molecule has 0 N–H and O–H groups in total. The second-order valence-corrected chi connectivity index (χ2v) is 4.91. The van der Waals surface area contributed by atoms with E-state index in [0.717, 1.165) is 12.1 Å². The summed E-state index contributed by atoms with van der Waals surface area (Å²) in [6, 6.07) is 1.74. The van der Waals surface area contributed by atoms with Gasteiger partial charge in [-0.3, -0.25) is 4.90 Å². The number of nitrogens with zero attached hydrogens (tertiary/aromatic N) is 2. The monoisotopic (exact) mass is 266 g/mol. The molecule has 0 aliphatic carbocycles. The largest absolute Gasteiger partial charge is 0.295 e. The summed E-state index contributed by atoms with van der Waals surface area (Å²) in [5, 5.41) is 0. The molecule has 2 atom stereocenters. The molecule has 64 valence electrons. The van der Waals surface area contributed by atoms with Crippen molar-refractivity contribution in [1.29, 1.82) is 0 Å². The average Bonchev–Trinajstić information content (AvgIpc) is 2.23. The van der Waals surface area contributed by atoms with Gasteiger partial charge in [0.15, 0.2) is 0 Å². The van der Waals surface area contributed by atoms with Crippen LogP contribution in [-0.2, 0) is 0 Å². The van der Waals surface area contributed by atoms with Crippen molar-refractivity contribution in [2.45, 2.75) is 31.8 Å². The van der Waals surface area contributed by atoms with E-state index in [9.17, 15) is 0 Å². The van der Waals surface area contributed by atoms with Gasteiger partial charge in [-0.2, -0.15) is 0 Å². The number of hydrogen-bond donors (Lipinski definition) is 0. The van der Waals surface area contributed by atoms with Crippen molar-refractivity contribution in [3.8, 4) is 0 Å². The molecule has 2 fully saturated rings. The minimum atomic E-state index is 0.871. The summed E-state index contributed by atoms with van der Waals surface area (Å²) >= 11 is 2.46. The molecule has 2 aliphatic rings. The molecule has 3 heteroatoms. The SMILES string of the molecule is CCN1C2CCC1CN(I)C2. The zero-order valence-electron chi connectivity index (χ0n) is 6.96. The smallest absolute Gasteiger partial charge is 0.0238 e. The lowest BCUT2D eigenvalue weighted by molar-refractivity contribution is 0.130. The maximum Gasteiger partial charge on any atom is 0.0238 e. The molecule has 2 bridgehead atoms. The predicted octanol–water partition coefficient (Wildman–Crippen LogP) is 1.50. The van der Waals surface area contributed by atoms with E-state index in [1.807, 2.05) is 0 Å². The first kappa shape index (κ1) is 8.26. The quantitative estimate of drug-likeness (QED) is 0.524. The van der Waals surface area contributed by atoms with Crippen molar-refractivity contribution in [2.24, 2.45) is 0 Å². The van der Waals surface area contributed by atoms with Gasteiger partial charge in [0.2, 0.25) is 0 Å². The Labute approximate surface area is 82.4 Å². The lowest BCUT2D eigenvalue weighted by Gasteiger charge is -2.37. The van der Waals surface area contributed by atoms with Crippen molar-refractivity contribution in [3.63, 3.8) is 0 Å². The van der Waals surface area contributed by atoms with Crippen LogP contribution in [0.1, 0.15) is 19.8 Å². The Morgan fingerprint density at radius 3 is 2.27 bits per heavy atom. The summed E-state index contributed by atoms with van der Waals surface area (Å²) in [5.41, 5.74) is 0. The second kappa shape index (κ2) is 3.18. The van der Waals surface area contributed by atoms with E-state index in [1.54, 1.807) is 0 Å². The first-order chi connectivity index (χ1) is 5.31. The van der Waals surface area contributed by atoms with Crippen LogP contribution in [0.4, 0.5) is 0 Å². The van der Waals surface area contributed by atoms with Crippen LogP contribution < -0.4 is 0 Å². The molecule has 2 aliphatic heterocycles. The van der Waals surface area contributed by atoms with Crippen LogP contribution in [0.25, 0.3) is 0 Å². The van der Waals surface area contributed by atoms with Crippen molar-refractivity contribution in [1.82, 2.24) is 8.01 Å². The molecule has 0 aromatic rings. The Morgan fingerprint density at radius 2 is 1.82 bits per heavy atom. The van der Waals surface area contributed by atoms with Crippen LogP contribution >= 0.6 is 22.9 Å². The molecule has 2 saturated heterocycles. The molecule has 0 aromatic heterocycles. The molecule has 2 rings (SSSR count). The number of piperazine rings is 1. The third-order valence-electron chi connectivity index (χ3n) is 2.95. The minimum Gasteiger partial charge on any atom is -0.295 e. The van der Waals surface area contributed by atoms with Crippen molar-refractivity contribution in [3.05, 3.63) is 0 Å². The fourth-order valence-electron chi connectivity index (χ4n) is 2.46. The lowest BCUT2D eigenvalue weighted by Crippen LogP contribution is -2.50. The number of halogens is 1. The number of fused-ring (bicyclic) bond motifs is 2. The molecule has 0 radical (unpaired) electrons. The van der Waals surface area contributed by atoms with Crippen LogP contribution in [0.3, 0.4) is 0 Å². The fraction of sp³-hybridized carbons (Fsp3) is 1.00. The van der Waals surface area contributed by atoms with Gasteiger partial charge in [0.05, 0.1) is 0 Å². The molecule has 2 heterocycles. The Morgan fingerprint density at radius 1 is 1.27 bits per heavy atom. The number of rotatable bonds is 1. The highest BCUT2D eigenvalue weighted by molar-refractivity contribution is 14.1. The van der Waals surface area contributed by atoms with Gasteiger partial charge in [-0.15, -0.1) is 0 Å². The average molecular weight is 266 g/mol. The highest BCUT2D eigenvalue weighted by Gasteiger charge is 2.37. The summed E-state index contributed by atoms with van der Waals surface area (Å²) in [6.45, 7) is 6.10. The van der Waals surface area contributed by atoms with Crippen LogP contribution in [-0.4, -0.2) is 39.7 Å². The molecule has 2 nitrogen and oxygen atoms in total. The zero-order valence-corrected chi connectivity index (χ0v) is 9.12. The van der Waals surface area contributed by atoms with E-state index < -0.39 is 0 Å². The van der Waals surface area contributed by atoms with Gasteiger partial charge < -0.3 is 0 Å². The first-order valence-electron chi connectivity index (χ1n) is 4.47. The van der Waals surface area contributed by atoms with Gasteiger partial charge in [-0.1, -0.05) is 6.92 Å². The molecule has 0 spiro atoms. The molecular formula is C8H15IN2. The summed E-state index contributed by atoms with van der Waals surface area (Å²) in [6.07, 6.45) is 2.86. The fourth-order valence-corrected chi connectivity index (χ4v) is 3.36. The van der Waals surface area contributed by atoms with Crippen LogP contribution in [0, 0.1) is 0 Å². The van der Waals surface area contributed by atoms with Gasteiger partial charge in [0, 0.05) is 48.0 Å². The van der Waals surface area contributed by atoms with E-state index in [2.05, 4.69) is 37.8 Å². The normalized spacial score (nSPS) is 39.8. The highest BCUT2D eigenvalue weighted by Crippen LogP contribution is 2.30. The maximum atomic E-state index is 2.68. The van der Waals surface area contributed by atoms with Crippen LogP contribution in [0.15, 0.2) is 0 Å². The van der Waals surface area contributed by atoms with Gasteiger partial charge in [0.25, 0.3) is 0 Å². The summed E-state index contributed by atoms with van der Waals surface area (Å²) < 4.78 is 2.45. The third kappa shape index (κ3) is 1.42. The van der Waals surface area contributed by atoms with E-state index >= 15 is 0 Å². The summed E-state index contributed by atoms with van der Waals surface area (Å²) in [5.74, 6) is 0. The molecule has 0 amide bonds. The third-order valence-corrected chi connectivity index (χ3v) is 3.74. The standard InChI is InChI=1S/C8H15IN2/c1-2-11-7-3-4-8(11)6-10(9)5-7/h7-8H,2-6H2,1H3. The van der Waals surface area contributed by atoms with Gasteiger partial charge in [-0.05, 0) is 19.4 Å². The Hall–Kier alpha value is 0.650. The Balaban J connectivity index is 2.06. The second-order valence-electron chi connectivity index (χ2n) is 3.54.